The van der Waals surface area contributed by atoms with Crippen LogP contribution in [0.15, 0.2) is 0 Å². The number of rotatable bonds is 9. The molecular weight excluding hydrogens is 344 g/mol. The van der Waals surface area contributed by atoms with E-state index in [4.69, 9.17) is 5.11 Å². The van der Waals surface area contributed by atoms with Crippen molar-refractivity contribution in [2.75, 3.05) is 59.4 Å². The second kappa shape index (κ2) is 11.6. The van der Waals surface area contributed by atoms with Gasteiger partial charge in [0.05, 0.1) is 13.1 Å². The number of carbonyl (C=O) groups excluding carboxylic acids is 2. The Hall–Kier alpha value is -2.04. The minimum Gasteiger partial charge on any atom is -0.480 e. The summed E-state index contributed by atoms with van der Waals surface area (Å²) in [6.07, 6.45) is 1.05. The first-order valence-electron chi connectivity index (χ1n) is 8.65. The number of nitrogens with zero attached hydrogens (tertiary/aromatic N) is 3. The number of amides is 1. The Labute approximate surface area is 152 Å². The second-order valence-electron chi connectivity index (χ2n) is 6.24. The smallest absolute Gasteiger partial charge is 0.320 e. The Morgan fingerprint density at radius 2 is 1.62 bits per heavy atom. The summed E-state index contributed by atoms with van der Waals surface area (Å²) >= 11 is 0. The molecule has 1 fully saturated rings. The highest BCUT2D eigenvalue weighted by Gasteiger charge is 2.28. The number of hydrogen-bond donors (Lipinski definition) is 3. The van der Waals surface area contributed by atoms with Crippen molar-refractivity contribution in [2.45, 2.75) is 18.9 Å². The number of nitrogens with one attached hydrogen (secondary N) is 1. The lowest BCUT2D eigenvalue weighted by molar-refractivity contribution is -0.144. The molecule has 148 valence electrons. The highest BCUT2D eigenvalue weighted by molar-refractivity contribution is 5.78. The Morgan fingerprint density at radius 3 is 2.15 bits per heavy atom. The van der Waals surface area contributed by atoms with Crippen LogP contribution >= 0.6 is 0 Å². The molecule has 1 amide bonds. The first-order chi connectivity index (χ1) is 12.4. The van der Waals surface area contributed by atoms with Crippen LogP contribution < -0.4 is 5.32 Å². The molecule has 0 spiro atoms. The van der Waals surface area contributed by atoms with E-state index in [-0.39, 0.29) is 31.8 Å². The molecule has 0 saturated carbocycles. The van der Waals surface area contributed by atoms with Gasteiger partial charge in [0, 0.05) is 52.7 Å². The zero-order valence-electron chi connectivity index (χ0n) is 15.1. The van der Waals surface area contributed by atoms with Crippen LogP contribution in [0.4, 0.5) is 0 Å². The molecule has 0 radical (unpaired) electrons. The standard InChI is InChI=1S/C16H28N4O6/c1-17-14(22)3-2-13(16(25)26)20-8-6-18(10-11-21)4-5-19(7-9-20)12-15(23)24/h11,13H,2-10,12H2,1H3,(H,17,22)(H,23,24)(H,25,26). The third-order valence-corrected chi connectivity index (χ3v) is 4.48. The van der Waals surface area contributed by atoms with Crippen LogP contribution in [0.25, 0.3) is 0 Å². The van der Waals surface area contributed by atoms with Gasteiger partial charge in [-0.1, -0.05) is 0 Å². The first kappa shape index (κ1) is 22.0. The Balaban J connectivity index is 2.86. The van der Waals surface area contributed by atoms with Crippen molar-refractivity contribution in [1.82, 2.24) is 20.0 Å². The number of aldehydes is 1. The highest BCUT2D eigenvalue weighted by Crippen LogP contribution is 2.10. The van der Waals surface area contributed by atoms with Crippen molar-refractivity contribution in [3.05, 3.63) is 0 Å². The maximum absolute atomic E-state index is 11.7. The molecular formula is C16H28N4O6. The molecule has 1 unspecified atom stereocenters. The summed E-state index contributed by atoms with van der Waals surface area (Å²) in [5.41, 5.74) is 0. The van der Waals surface area contributed by atoms with E-state index in [9.17, 15) is 24.3 Å². The van der Waals surface area contributed by atoms with Crippen LogP contribution in [-0.2, 0) is 19.2 Å². The quantitative estimate of drug-likeness (QED) is 0.400. The normalized spacial score (nSPS) is 19.0. The van der Waals surface area contributed by atoms with E-state index in [0.717, 1.165) is 6.29 Å². The van der Waals surface area contributed by atoms with Crippen LogP contribution in [0.1, 0.15) is 12.8 Å². The first-order valence-corrected chi connectivity index (χ1v) is 8.65. The molecule has 1 saturated heterocycles. The van der Waals surface area contributed by atoms with Gasteiger partial charge in [0.25, 0.3) is 0 Å². The number of carboxylic acid groups (broad SMARTS) is 2. The molecule has 10 nitrogen and oxygen atoms in total. The van der Waals surface area contributed by atoms with Crippen LogP contribution in [0.5, 0.6) is 0 Å². The van der Waals surface area contributed by atoms with Gasteiger partial charge in [0.1, 0.15) is 12.3 Å². The van der Waals surface area contributed by atoms with Crippen molar-refractivity contribution >= 4 is 24.1 Å². The van der Waals surface area contributed by atoms with Gasteiger partial charge in [-0.3, -0.25) is 29.1 Å². The van der Waals surface area contributed by atoms with E-state index in [1.54, 1.807) is 9.80 Å². The fourth-order valence-corrected chi connectivity index (χ4v) is 2.96. The molecule has 0 bridgehead atoms. The van der Waals surface area contributed by atoms with E-state index in [0.29, 0.717) is 39.3 Å². The molecule has 0 aromatic carbocycles. The predicted octanol–water partition coefficient (Wildman–Crippen LogP) is -1.83. The lowest BCUT2D eigenvalue weighted by Crippen LogP contribution is -2.47. The van der Waals surface area contributed by atoms with Gasteiger partial charge in [-0.2, -0.15) is 0 Å². The summed E-state index contributed by atoms with van der Waals surface area (Å²) < 4.78 is 0. The minimum atomic E-state index is -1.01. The van der Waals surface area contributed by atoms with Gasteiger partial charge in [-0.25, -0.2) is 0 Å². The van der Waals surface area contributed by atoms with Crippen molar-refractivity contribution in [3.8, 4) is 0 Å². The molecule has 0 aromatic heterocycles. The second-order valence-corrected chi connectivity index (χ2v) is 6.24. The summed E-state index contributed by atoms with van der Waals surface area (Å²) in [6.45, 7) is 2.82. The van der Waals surface area contributed by atoms with Gasteiger partial charge in [-0.15, -0.1) is 0 Å². The largest absolute Gasteiger partial charge is 0.480 e. The molecule has 0 aromatic rings. The number of carbonyl (C=O) groups is 4. The molecule has 1 atom stereocenters. The molecule has 1 aliphatic heterocycles. The third-order valence-electron chi connectivity index (χ3n) is 4.48. The lowest BCUT2D eigenvalue weighted by Gasteiger charge is -2.30. The average Bonchev–Trinajstić information content (AvgIpc) is 2.67. The van der Waals surface area contributed by atoms with Gasteiger partial charge in [0.2, 0.25) is 5.91 Å². The van der Waals surface area contributed by atoms with Crippen LogP contribution in [0.3, 0.4) is 0 Å². The molecule has 26 heavy (non-hydrogen) atoms. The van der Waals surface area contributed by atoms with Crippen molar-refractivity contribution in [3.63, 3.8) is 0 Å². The minimum absolute atomic E-state index is 0.0981. The number of hydrogen-bond acceptors (Lipinski definition) is 7. The van der Waals surface area contributed by atoms with E-state index in [1.807, 2.05) is 4.90 Å². The molecule has 1 heterocycles. The summed E-state index contributed by atoms with van der Waals surface area (Å²) in [4.78, 5) is 50.4. The van der Waals surface area contributed by atoms with Gasteiger partial charge >= 0.3 is 11.9 Å². The molecule has 1 aliphatic rings. The Bertz CT molecular complexity index is 501. The Kier molecular flexibility index (Phi) is 9.78. The van der Waals surface area contributed by atoms with Crippen LogP contribution in [0.2, 0.25) is 0 Å². The van der Waals surface area contributed by atoms with Crippen LogP contribution in [0, 0.1) is 0 Å². The lowest BCUT2D eigenvalue weighted by atomic mass is 10.1. The summed E-state index contributed by atoms with van der Waals surface area (Å²) in [5.74, 6) is -2.19. The van der Waals surface area contributed by atoms with Crippen LogP contribution in [-0.4, -0.2) is 114 Å². The zero-order valence-corrected chi connectivity index (χ0v) is 15.1. The predicted molar refractivity (Wildman–Crippen MR) is 92.9 cm³/mol. The van der Waals surface area contributed by atoms with Gasteiger partial charge in [-0.05, 0) is 6.42 Å². The number of aliphatic carboxylic acids is 2. The summed E-state index contributed by atoms with van der Waals surface area (Å²) in [5, 5.41) is 21.1. The highest BCUT2D eigenvalue weighted by atomic mass is 16.4. The van der Waals surface area contributed by atoms with Crippen molar-refractivity contribution in [2.24, 2.45) is 0 Å². The van der Waals surface area contributed by atoms with Crippen molar-refractivity contribution < 1.29 is 29.4 Å². The van der Waals surface area contributed by atoms with E-state index >= 15 is 0 Å². The Morgan fingerprint density at radius 1 is 1.04 bits per heavy atom. The molecule has 1 rings (SSSR count). The van der Waals surface area contributed by atoms with Crippen molar-refractivity contribution in [1.29, 1.82) is 0 Å². The molecule has 0 aliphatic carbocycles. The topological polar surface area (TPSA) is 130 Å². The van der Waals surface area contributed by atoms with Gasteiger partial charge < -0.3 is 20.3 Å². The maximum atomic E-state index is 11.7. The monoisotopic (exact) mass is 372 g/mol. The zero-order chi connectivity index (χ0) is 19.5. The van der Waals surface area contributed by atoms with E-state index < -0.39 is 18.0 Å². The fourth-order valence-electron chi connectivity index (χ4n) is 2.96. The summed E-state index contributed by atoms with van der Waals surface area (Å²) in [7, 11) is 1.50. The third kappa shape index (κ3) is 7.89. The summed E-state index contributed by atoms with van der Waals surface area (Å²) in [6, 6.07) is -0.838. The molecule has 10 heteroatoms. The van der Waals surface area contributed by atoms with E-state index in [1.165, 1.54) is 7.05 Å². The van der Waals surface area contributed by atoms with E-state index in [2.05, 4.69) is 5.32 Å². The average molecular weight is 372 g/mol. The molecule has 3 N–H and O–H groups in total. The van der Waals surface area contributed by atoms with Gasteiger partial charge in [0.15, 0.2) is 0 Å². The maximum Gasteiger partial charge on any atom is 0.320 e. The number of carboxylic acids is 2. The fraction of sp³-hybridized carbons (Fsp3) is 0.750. The SMILES string of the molecule is CNC(=O)CCC(C(=O)O)N1CCN(CC=O)CCN(CC(=O)O)CC1.